The molecule has 1 aromatic carbocycles. The summed E-state index contributed by atoms with van der Waals surface area (Å²) in [7, 11) is 0. The van der Waals surface area contributed by atoms with E-state index in [0.717, 1.165) is 0 Å². The minimum Gasteiger partial charge on any atom is -0.378 e. The molecule has 1 saturated heterocycles. The summed E-state index contributed by atoms with van der Waals surface area (Å²) in [6.07, 6.45) is -4.46. The van der Waals surface area contributed by atoms with Crippen molar-refractivity contribution in [2.75, 3.05) is 49.7 Å². The molecule has 9 heteroatoms. The molecule has 2 rings (SSSR count). The number of benzene rings is 1. The lowest BCUT2D eigenvalue weighted by Crippen LogP contribution is -2.37. The van der Waals surface area contributed by atoms with Gasteiger partial charge < -0.3 is 19.7 Å². The summed E-state index contributed by atoms with van der Waals surface area (Å²) in [5.41, 5.74) is 1.06. The van der Waals surface area contributed by atoms with Gasteiger partial charge in [0.1, 0.15) is 13.2 Å². The normalized spacial score (nSPS) is 15.6. The first-order valence-electron chi connectivity index (χ1n) is 6.92. The van der Waals surface area contributed by atoms with Crippen LogP contribution in [0.2, 0.25) is 5.02 Å². The number of carbonyl (C=O) groups excluding carboxylic acids is 1. The molecule has 0 aromatic heterocycles. The molecular formula is C14H16ClF3N2O3. The van der Waals surface area contributed by atoms with Crippen molar-refractivity contribution in [3.8, 4) is 0 Å². The van der Waals surface area contributed by atoms with E-state index in [1.807, 2.05) is 4.90 Å². The molecule has 0 saturated carbocycles. The SMILES string of the molecule is O=C(COCC(F)(F)F)Nc1cccc(Cl)c1N1CCOCC1. The zero-order valence-corrected chi connectivity index (χ0v) is 12.9. The molecule has 0 atom stereocenters. The van der Waals surface area contributed by atoms with Crippen LogP contribution in [0, 0.1) is 0 Å². The van der Waals surface area contributed by atoms with Gasteiger partial charge in [-0.25, -0.2) is 0 Å². The highest BCUT2D eigenvalue weighted by atomic mass is 35.5. The molecule has 0 unspecified atom stereocenters. The summed E-state index contributed by atoms with van der Waals surface area (Å²) in [6.45, 7) is 0.135. The minimum atomic E-state index is -4.46. The molecule has 1 amide bonds. The highest BCUT2D eigenvalue weighted by Gasteiger charge is 2.28. The van der Waals surface area contributed by atoms with Crippen molar-refractivity contribution in [1.29, 1.82) is 0 Å². The number of hydrogen-bond acceptors (Lipinski definition) is 4. The van der Waals surface area contributed by atoms with Crippen LogP contribution >= 0.6 is 11.6 Å². The van der Waals surface area contributed by atoms with E-state index in [0.29, 0.717) is 42.7 Å². The van der Waals surface area contributed by atoms with Crippen LogP contribution in [0.3, 0.4) is 0 Å². The molecule has 1 heterocycles. The third kappa shape index (κ3) is 5.56. The van der Waals surface area contributed by atoms with Crippen LogP contribution in [0.5, 0.6) is 0 Å². The van der Waals surface area contributed by atoms with Gasteiger partial charge in [0.15, 0.2) is 0 Å². The number of carbonyl (C=O) groups is 1. The summed E-state index contributed by atoms with van der Waals surface area (Å²) in [6, 6.07) is 4.97. The number of para-hydroxylation sites is 1. The standard InChI is InChI=1S/C14H16ClF3N2O3/c15-10-2-1-3-11(13(10)20-4-6-22-7-5-20)19-12(21)8-23-9-14(16,17)18/h1-3H,4-9H2,(H,19,21). The van der Waals surface area contributed by atoms with E-state index in [1.54, 1.807) is 18.2 Å². The molecule has 128 valence electrons. The van der Waals surface area contributed by atoms with Crippen LogP contribution in [0.1, 0.15) is 0 Å². The first kappa shape index (κ1) is 17.8. The lowest BCUT2D eigenvalue weighted by atomic mass is 10.2. The number of halogens is 4. The van der Waals surface area contributed by atoms with E-state index in [2.05, 4.69) is 10.1 Å². The van der Waals surface area contributed by atoms with E-state index < -0.39 is 25.3 Å². The molecule has 23 heavy (non-hydrogen) atoms. The van der Waals surface area contributed by atoms with E-state index in [-0.39, 0.29) is 0 Å². The van der Waals surface area contributed by atoms with Crippen LogP contribution in [0.15, 0.2) is 18.2 Å². The topological polar surface area (TPSA) is 50.8 Å². The monoisotopic (exact) mass is 352 g/mol. The molecule has 0 bridgehead atoms. The quantitative estimate of drug-likeness (QED) is 0.885. The van der Waals surface area contributed by atoms with Crippen molar-refractivity contribution in [3.05, 3.63) is 23.2 Å². The summed E-state index contributed by atoms with van der Waals surface area (Å²) < 4.78 is 45.6. The largest absolute Gasteiger partial charge is 0.411 e. The maximum absolute atomic E-state index is 12.0. The number of anilines is 2. The van der Waals surface area contributed by atoms with Gasteiger partial charge in [0.05, 0.1) is 29.6 Å². The van der Waals surface area contributed by atoms with Gasteiger partial charge in [-0.1, -0.05) is 17.7 Å². The van der Waals surface area contributed by atoms with Gasteiger partial charge in [-0.3, -0.25) is 4.79 Å². The number of morpholine rings is 1. The number of alkyl halides is 3. The fraction of sp³-hybridized carbons (Fsp3) is 0.500. The fourth-order valence-electron chi connectivity index (χ4n) is 2.17. The van der Waals surface area contributed by atoms with Gasteiger partial charge in [-0.05, 0) is 12.1 Å². The second-order valence-corrected chi connectivity index (χ2v) is 5.30. The van der Waals surface area contributed by atoms with Crippen LogP contribution in [0.25, 0.3) is 0 Å². The van der Waals surface area contributed by atoms with Gasteiger partial charge in [-0.15, -0.1) is 0 Å². The van der Waals surface area contributed by atoms with Gasteiger partial charge in [0.25, 0.3) is 0 Å². The molecule has 1 N–H and O–H groups in total. The summed E-state index contributed by atoms with van der Waals surface area (Å²) in [5, 5.41) is 2.98. The molecule has 0 radical (unpaired) electrons. The van der Waals surface area contributed by atoms with Gasteiger partial charge in [0, 0.05) is 13.1 Å². The average molecular weight is 353 g/mol. The first-order valence-corrected chi connectivity index (χ1v) is 7.30. The van der Waals surface area contributed by atoms with E-state index >= 15 is 0 Å². The Labute approximate surface area is 136 Å². The third-order valence-corrected chi connectivity index (χ3v) is 3.39. The molecule has 5 nitrogen and oxygen atoms in total. The number of nitrogens with zero attached hydrogens (tertiary/aromatic N) is 1. The highest BCUT2D eigenvalue weighted by Crippen LogP contribution is 2.34. The van der Waals surface area contributed by atoms with Crippen molar-refractivity contribution >= 4 is 28.9 Å². The smallest absolute Gasteiger partial charge is 0.378 e. The Balaban J connectivity index is 2.01. The maximum atomic E-state index is 12.0. The average Bonchev–Trinajstić information content (AvgIpc) is 2.47. The van der Waals surface area contributed by atoms with Crippen molar-refractivity contribution in [2.45, 2.75) is 6.18 Å². The maximum Gasteiger partial charge on any atom is 0.411 e. The Morgan fingerprint density at radius 1 is 1.35 bits per heavy atom. The predicted molar refractivity (Wildman–Crippen MR) is 80.0 cm³/mol. The van der Waals surface area contributed by atoms with Crippen LogP contribution in [-0.4, -0.2) is 51.6 Å². The highest BCUT2D eigenvalue weighted by molar-refractivity contribution is 6.34. The lowest BCUT2D eigenvalue weighted by molar-refractivity contribution is -0.174. The summed E-state index contributed by atoms with van der Waals surface area (Å²) in [4.78, 5) is 13.7. The lowest BCUT2D eigenvalue weighted by Gasteiger charge is -2.31. The number of nitrogens with one attached hydrogen (secondary N) is 1. The molecule has 1 aliphatic heterocycles. The Hall–Kier alpha value is -1.51. The zero-order valence-electron chi connectivity index (χ0n) is 12.2. The number of ether oxygens (including phenoxy) is 2. The van der Waals surface area contributed by atoms with Crippen molar-refractivity contribution in [1.82, 2.24) is 0 Å². The minimum absolute atomic E-state index is 0.431. The second kappa shape index (κ2) is 7.85. The summed E-state index contributed by atoms with van der Waals surface area (Å²) in [5.74, 6) is -0.675. The van der Waals surface area contributed by atoms with Gasteiger partial charge in [-0.2, -0.15) is 13.2 Å². The number of hydrogen-bond donors (Lipinski definition) is 1. The first-order chi connectivity index (χ1) is 10.9. The van der Waals surface area contributed by atoms with E-state index in [1.165, 1.54) is 0 Å². The van der Waals surface area contributed by atoms with E-state index in [9.17, 15) is 18.0 Å². The molecule has 1 aliphatic rings. The van der Waals surface area contributed by atoms with Crippen molar-refractivity contribution in [2.24, 2.45) is 0 Å². The Kier molecular flexibility index (Phi) is 6.09. The fourth-order valence-corrected chi connectivity index (χ4v) is 2.46. The van der Waals surface area contributed by atoms with Gasteiger partial charge >= 0.3 is 6.18 Å². The number of rotatable bonds is 5. The molecule has 1 aromatic rings. The van der Waals surface area contributed by atoms with Crippen molar-refractivity contribution < 1.29 is 27.4 Å². The van der Waals surface area contributed by atoms with Crippen LogP contribution < -0.4 is 10.2 Å². The van der Waals surface area contributed by atoms with Crippen molar-refractivity contribution in [3.63, 3.8) is 0 Å². The van der Waals surface area contributed by atoms with Gasteiger partial charge in [0.2, 0.25) is 5.91 Å². The summed E-state index contributed by atoms with van der Waals surface area (Å²) >= 11 is 6.20. The second-order valence-electron chi connectivity index (χ2n) is 4.89. The van der Waals surface area contributed by atoms with Crippen LogP contribution in [0.4, 0.5) is 24.5 Å². The molecule has 1 fully saturated rings. The predicted octanol–water partition coefficient (Wildman–Crippen LogP) is 2.69. The van der Waals surface area contributed by atoms with E-state index in [4.69, 9.17) is 16.3 Å². The van der Waals surface area contributed by atoms with Crippen LogP contribution in [-0.2, 0) is 14.3 Å². The third-order valence-electron chi connectivity index (χ3n) is 3.09. The Bertz CT molecular complexity index is 549. The number of amides is 1. The molecule has 0 aliphatic carbocycles. The molecular weight excluding hydrogens is 337 g/mol. The Morgan fingerprint density at radius 2 is 2.04 bits per heavy atom. The Morgan fingerprint density at radius 3 is 2.70 bits per heavy atom. The molecule has 0 spiro atoms. The zero-order chi connectivity index (χ0) is 16.9.